The second-order valence-corrected chi connectivity index (χ2v) is 9.80. The first-order valence-corrected chi connectivity index (χ1v) is 12.6. The van der Waals surface area contributed by atoms with E-state index in [2.05, 4.69) is 20.2 Å². The Hall–Kier alpha value is -2.38. The molecule has 2 aromatic carbocycles. The fourth-order valence-electron chi connectivity index (χ4n) is 4.38. The van der Waals surface area contributed by atoms with Crippen molar-refractivity contribution in [2.45, 2.75) is 32.4 Å². The molecule has 1 aliphatic heterocycles. The number of aromatic nitrogens is 4. The Labute approximate surface area is 213 Å². The van der Waals surface area contributed by atoms with Gasteiger partial charge in [-0.2, -0.15) is 4.98 Å². The lowest BCUT2D eigenvalue weighted by Crippen LogP contribution is -2.28. The summed E-state index contributed by atoms with van der Waals surface area (Å²) in [6.07, 6.45) is 5.15. The van der Waals surface area contributed by atoms with Gasteiger partial charge in [-0.3, -0.25) is 0 Å². The number of imidazole rings is 1. The Morgan fingerprint density at radius 1 is 0.971 bits per heavy atom. The molecule has 1 fully saturated rings. The van der Waals surface area contributed by atoms with E-state index in [0.717, 1.165) is 48.7 Å². The Morgan fingerprint density at radius 2 is 1.71 bits per heavy atom. The Bertz CT molecular complexity index is 1260. The Kier molecular flexibility index (Phi) is 7.21. The van der Waals surface area contributed by atoms with Crippen molar-refractivity contribution in [2.75, 3.05) is 18.4 Å². The van der Waals surface area contributed by atoms with Crippen LogP contribution < -0.4 is 10.6 Å². The number of hydrogen-bond donors (Lipinski definition) is 2. The third-order valence-electron chi connectivity index (χ3n) is 6.26. The predicted octanol–water partition coefficient (Wildman–Crippen LogP) is 6.46. The molecule has 3 heterocycles. The highest BCUT2D eigenvalue weighted by atomic mass is 35.5. The number of halogens is 3. The number of anilines is 1. The van der Waals surface area contributed by atoms with Crippen molar-refractivity contribution in [3.63, 3.8) is 0 Å². The van der Waals surface area contributed by atoms with Gasteiger partial charge in [0, 0.05) is 18.1 Å². The van der Waals surface area contributed by atoms with Crippen molar-refractivity contribution in [1.82, 2.24) is 24.8 Å². The third-order valence-corrected chi connectivity index (χ3v) is 7.14. The van der Waals surface area contributed by atoms with Crippen molar-refractivity contribution in [2.24, 2.45) is 5.92 Å². The van der Waals surface area contributed by atoms with Crippen LogP contribution in [-0.2, 0) is 13.1 Å². The van der Waals surface area contributed by atoms with Gasteiger partial charge in [0.05, 0.1) is 21.8 Å². The quantitative estimate of drug-likeness (QED) is 0.296. The molecule has 9 heteroatoms. The van der Waals surface area contributed by atoms with Crippen LogP contribution in [0.15, 0.2) is 48.7 Å². The molecule has 0 spiro atoms. The minimum atomic E-state index is 0.544. The van der Waals surface area contributed by atoms with Crippen molar-refractivity contribution in [1.29, 1.82) is 0 Å². The lowest BCUT2D eigenvalue weighted by molar-refractivity contribution is 0.339. The minimum Gasteiger partial charge on any atom is -0.350 e. The third kappa shape index (κ3) is 5.15. The smallest absolute Gasteiger partial charge is 0.225 e. The normalized spacial score (nSPS) is 14.6. The average molecular weight is 516 g/mol. The van der Waals surface area contributed by atoms with Crippen LogP contribution in [0.1, 0.15) is 24.8 Å². The molecule has 0 aliphatic carbocycles. The van der Waals surface area contributed by atoms with E-state index in [0.29, 0.717) is 39.0 Å². The van der Waals surface area contributed by atoms with E-state index in [1.54, 1.807) is 6.20 Å². The van der Waals surface area contributed by atoms with Crippen molar-refractivity contribution in [3.8, 4) is 11.4 Å². The molecule has 0 unspecified atom stereocenters. The second-order valence-electron chi connectivity index (χ2n) is 8.55. The van der Waals surface area contributed by atoms with Crippen molar-refractivity contribution < 1.29 is 0 Å². The maximum absolute atomic E-state index is 6.57. The molecular weight excluding hydrogens is 491 g/mol. The molecule has 2 aromatic heterocycles. The van der Waals surface area contributed by atoms with Gasteiger partial charge in [-0.1, -0.05) is 53.0 Å². The average Bonchev–Trinajstić information content (AvgIpc) is 3.20. The van der Waals surface area contributed by atoms with E-state index in [1.807, 2.05) is 42.5 Å². The summed E-state index contributed by atoms with van der Waals surface area (Å²) in [5, 5.41) is 8.60. The molecule has 2 N–H and O–H groups in total. The molecule has 4 aromatic rings. The first kappa shape index (κ1) is 23.4. The summed E-state index contributed by atoms with van der Waals surface area (Å²) >= 11 is 19.1. The van der Waals surface area contributed by atoms with Crippen LogP contribution in [0.3, 0.4) is 0 Å². The first-order valence-electron chi connectivity index (χ1n) is 11.4. The highest BCUT2D eigenvalue weighted by molar-refractivity contribution is 6.39. The van der Waals surface area contributed by atoms with E-state index < -0.39 is 0 Å². The standard InChI is InChI=1S/C25H25Cl3N6/c26-18-6-4-17(5-7-18)14-30-25-31-15-21-23(33-25)34(13-10-16-8-11-29-12-9-16)24(32-21)22-19(27)2-1-3-20(22)28/h1-7,15-16,29H,8-14H2,(H,30,31,33). The molecule has 0 radical (unpaired) electrons. The summed E-state index contributed by atoms with van der Waals surface area (Å²) in [5.41, 5.74) is 3.31. The minimum absolute atomic E-state index is 0.544. The molecule has 1 aliphatic rings. The van der Waals surface area contributed by atoms with E-state index >= 15 is 0 Å². The zero-order chi connectivity index (χ0) is 23.5. The van der Waals surface area contributed by atoms with Crippen LogP contribution in [0.25, 0.3) is 22.6 Å². The summed E-state index contributed by atoms with van der Waals surface area (Å²) in [5.74, 6) is 1.93. The molecule has 5 rings (SSSR count). The molecular formula is C25H25Cl3N6. The maximum atomic E-state index is 6.57. The maximum Gasteiger partial charge on any atom is 0.225 e. The van der Waals surface area contributed by atoms with Gasteiger partial charge >= 0.3 is 0 Å². The largest absolute Gasteiger partial charge is 0.350 e. The number of nitrogens with zero attached hydrogens (tertiary/aromatic N) is 4. The first-order chi connectivity index (χ1) is 16.6. The Balaban J connectivity index is 1.49. The SMILES string of the molecule is Clc1ccc(CNc2ncc3nc(-c4c(Cl)cccc4Cl)n(CCC4CCNCC4)c3n2)cc1. The van der Waals surface area contributed by atoms with E-state index in [4.69, 9.17) is 44.8 Å². The van der Waals surface area contributed by atoms with Gasteiger partial charge in [0.1, 0.15) is 11.3 Å². The number of rotatable bonds is 7. The summed E-state index contributed by atoms with van der Waals surface area (Å²) in [6.45, 7) is 3.51. The van der Waals surface area contributed by atoms with Gasteiger partial charge in [-0.25, -0.2) is 9.97 Å². The highest BCUT2D eigenvalue weighted by Gasteiger charge is 2.21. The fourth-order valence-corrected chi connectivity index (χ4v) is 5.08. The summed E-state index contributed by atoms with van der Waals surface area (Å²) in [7, 11) is 0. The van der Waals surface area contributed by atoms with Gasteiger partial charge in [0.25, 0.3) is 0 Å². The van der Waals surface area contributed by atoms with E-state index in [-0.39, 0.29) is 0 Å². The van der Waals surface area contributed by atoms with Crippen molar-refractivity contribution in [3.05, 3.63) is 69.3 Å². The molecule has 34 heavy (non-hydrogen) atoms. The van der Waals surface area contributed by atoms with Gasteiger partial charge in [-0.05, 0) is 68.1 Å². The number of hydrogen-bond acceptors (Lipinski definition) is 5. The topological polar surface area (TPSA) is 67.7 Å². The highest BCUT2D eigenvalue weighted by Crippen LogP contribution is 2.36. The molecule has 0 amide bonds. The zero-order valence-corrected chi connectivity index (χ0v) is 20.8. The lowest BCUT2D eigenvalue weighted by Gasteiger charge is -2.23. The molecule has 0 bridgehead atoms. The molecule has 6 nitrogen and oxygen atoms in total. The van der Waals surface area contributed by atoms with E-state index in [9.17, 15) is 0 Å². The van der Waals surface area contributed by atoms with Gasteiger partial charge in [0.15, 0.2) is 5.65 Å². The number of benzene rings is 2. The van der Waals surface area contributed by atoms with Gasteiger partial charge < -0.3 is 15.2 Å². The van der Waals surface area contributed by atoms with Crippen molar-refractivity contribution >= 4 is 51.9 Å². The van der Waals surface area contributed by atoms with Crippen LogP contribution in [0.5, 0.6) is 0 Å². The van der Waals surface area contributed by atoms with Crippen LogP contribution in [0.2, 0.25) is 15.1 Å². The van der Waals surface area contributed by atoms with Crippen LogP contribution in [0.4, 0.5) is 5.95 Å². The molecule has 1 saturated heterocycles. The summed E-state index contributed by atoms with van der Waals surface area (Å²) in [6, 6.07) is 13.2. The van der Waals surface area contributed by atoms with Crippen LogP contribution in [0, 0.1) is 5.92 Å². The van der Waals surface area contributed by atoms with Crippen LogP contribution >= 0.6 is 34.8 Å². The monoisotopic (exact) mass is 514 g/mol. The summed E-state index contributed by atoms with van der Waals surface area (Å²) < 4.78 is 2.14. The lowest BCUT2D eigenvalue weighted by atomic mass is 9.95. The predicted molar refractivity (Wildman–Crippen MR) is 140 cm³/mol. The van der Waals surface area contributed by atoms with Gasteiger partial charge in [0.2, 0.25) is 5.95 Å². The van der Waals surface area contributed by atoms with Crippen LogP contribution in [-0.4, -0.2) is 32.6 Å². The second kappa shape index (κ2) is 10.5. The molecule has 0 saturated carbocycles. The molecule has 176 valence electrons. The number of nitrogens with one attached hydrogen (secondary N) is 2. The van der Waals surface area contributed by atoms with Gasteiger partial charge in [-0.15, -0.1) is 0 Å². The van der Waals surface area contributed by atoms with E-state index in [1.165, 1.54) is 12.8 Å². The number of piperidine rings is 1. The fraction of sp³-hybridized carbons (Fsp3) is 0.320. The Morgan fingerprint density at radius 3 is 2.44 bits per heavy atom. The number of aryl methyl sites for hydroxylation is 1. The molecule has 0 atom stereocenters. The number of fused-ring (bicyclic) bond motifs is 1. The zero-order valence-electron chi connectivity index (χ0n) is 18.6. The summed E-state index contributed by atoms with van der Waals surface area (Å²) in [4.78, 5) is 14.2.